The highest BCUT2D eigenvalue weighted by Crippen LogP contribution is 2.39. The summed E-state index contributed by atoms with van der Waals surface area (Å²) < 4.78 is 19.2. The van der Waals surface area contributed by atoms with E-state index < -0.39 is 0 Å². The number of benzene rings is 1. The lowest BCUT2D eigenvalue weighted by atomic mass is 10.0. The molecule has 3 unspecified atom stereocenters. The largest absolute Gasteiger partial charge is 0.494 e. The molecule has 1 aromatic rings. The molecule has 1 fully saturated rings. The fourth-order valence-electron chi connectivity index (χ4n) is 2.16. The number of thioether (sulfide) groups is 2. The average molecular weight is 287 g/mol. The Morgan fingerprint density at radius 1 is 1.39 bits per heavy atom. The van der Waals surface area contributed by atoms with Gasteiger partial charge in [0.2, 0.25) is 0 Å². The summed E-state index contributed by atoms with van der Waals surface area (Å²) in [5, 5.41) is 0.703. The fourth-order valence-corrected chi connectivity index (χ4v) is 5.03. The third-order valence-corrected chi connectivity index (χ3v) is 6.38. The fraction of sp³-hybridized carbons (Fsp3) is 0.538. The second kappa shape index (κ2) is 6.17. The van der Waals surface area contributed by atoms with Crippen LogP contribution in [0, 0.1) is 5.82 Å². The quantitative estimate of drug-likeness (QED) is 0.926. The minimum Gasteiger partial charge on any atom is -0.494 e. The van der Waals surface area contributed by atoms with Crippen LogP contribution in [0.1, 0.15) is 18.5 Å². The highest BCUT2D eigenvalue weighted by Gasteiger charge is 2.31. The van der Waals surface area contributed by atoms with Crippen molar-refractivity contribution in [2.75, 3.05) is 18.6 Å². The lowest BCUT2D eigenvalue weighted by Gasteiger charge is -2.32. The Hall–Kier alpha value is -0.390. The van der Waals surface area contributed by atoms with Crippen LogP contribution in [0.4, 0.5) is 4.39 Å². The molecule has 3 atom stereocenters. The lowest BCUT2D eigenvalue weighted by molar-refractivity contribution is 0.382. The number of halogens is 1. The molecule has 1 heterocycles. The van der Waals surface area contributed by atoms with Crippen molar-refractivity contribution in [3.63, 3.8) is 0 Å². The Labute approximate surface area is 116 Å². The highest BCUT2D eigenvalue weighted by atomic mass is 32.2. The van der Waals surface area contributed by atoms with Crippen molar-refractivity contribution in [2.24, 2.45) is 5.73 Å². The Morgan fingerprint density at radius 3 is 2.78 bits per heavy atom. The van der Waals surface area contributed by atoms with E-state index in [-0.39, 0.29) is 22.9 Å². The van der Waals surface area contributed by atoms with Crippen LogP contribution in [0.25, 0.3) is 0 Å². The number of hydrogen-bond acceptors (Lipinski definition) is 4. The molecular weight excluding hydrogens is 269 g/mol. The molecule has 0 aromatic heterocycles. The molecule has 0 saturated carbocycles. The Balaban J connectivity index is 2.24. The minimum absolute atomic E-state index is 0.255. The van der Waals surface area contributed by atoms with Crippen LogP contribution in [-0.2, 0) is 0 Å². The normalized spacial score (nSPS) is 25.8. The highest BCUT2D eigenvalue weighted by molar-refractivity contribution is 8.07. The van der Waals surface area contributed by atoms with E-state index in [1.807, 2.05) is 23.5 Å². The maximum atomic E-state index is 14.2. The van der Waals surface area contributed by atoms with Crippen LogP contribution in [0.2, 0.25) is 0 Å². The lowest BCUT2D eigenvalue weighted by Crippen LogP contribution is -2.34. The molecule has 2 N–H and O–H groups in total. The van der Waals surface area contributed by atoms with Crippen LogP contribution >= 0.6 is 23.5 Å². The van der Waals surface area contributed by atoms with E-state index in [4.69, 9.17) is 10.5 Å². The molecule has 1 saturated heterocycles. The van der Waals surface area contributed by atoms with E-state index in [2.05, 4.69) is 6.92 Å². The maximum absolute atomic E-state index is 14.2. The zero-order chi connectivity index (χ0) is 13.1. The summed E-state index contributed by atoms with van der Waals surface area (Å²) in [6, 6.07) is 4.89. The van der Waals surface area contributed by atoms with Gasteiger partial charge in [-0.25, -0.2) is 4.39 Å². The average Bonchev–Trinajstić information content (AvgIpc) is 2.39. The number of hydrogen-bond donors (Lipinski definition) is 1. The van der Waals surface area contributed by atoms with E-state index in [1.54, 1.807) is 18.2 Å². The first-order valence-corrected chi connectivity index (χ1v) is 8.06. The van der Waals surface area contributed by atoms with Crippen LogP contribution in [0.3, 0.4) is 0 Å². The standard InChI is InChI=1S/C13H18FNOS2/c1-8-13(18-7-6-17-8)12(15)9-4-3-5-10(16-2)11(9)14/h3-5,8,12-13H,6-7,15H2,1-2H3. The number of ether oxygens (including phenoxy) is 1. The molecule has 100 valence electrons. The molecule has 2 rings (SSSR count). The van der Waals surface area contributed by atoms with Crippen molar-refractivity contribution in [1.82, 2.24) is 0 Å². The first kappa shape index (κ1) is 14.0. The second-order valence-electron chi connectivity index (χ2n) is 4.30. The zero-order valence-corrected chi connectivity index (χ0v) is 12.2. The van der Waals surface area contributed by atoms with Gasteiger partial charge in [-0.3, -0.25) is 0 Å². The third-order valence-electron chi connectivity index (χ3n) is 3.16. The topological polar surface area (TPSA) is 35.2 Å². The van der Waals surface area contributed by atoms with Crippen molar-refractivity contribution < 1.29 is 9.13 Å². The van der Waals surface area contributed by atoms with Gasteiger partial charge in [-0.15, -0.1) is 0 Å². The number of rotatable bonds is 3. The molecule has 0 aliphatic carbocycles. The monoisotopic (exact) mass is 287 g/mol. The van der Waals surface area contributed by atoms with E-state index in [0.29, 0.717) is 10.8 Å². The van der Waals surface area contributed by atoms with Gasteiger partial charge in [0.1, 0.15) is 0 Å². The van der Waals surface area contributed by atoms with Gasteiger partial charge >= 0.3 is 0 Å². The van der Waals surface area contributed by atoms with Crippen molar-refractivity contribution in [3.05, 3.63) is 29.6 Å². The predicted octanol–water partition coefficient (Wildman–Crippen LogP) is 3.07. The summed E-state index contributed by atoms with van der Waals surface area (Å²) in [6.07, 6.45) is 0. The Bertz CT molecular complexity index is 416. The van der Waals surface area contributed by atoms with Gasteiger partial charge in [-0.2, -0.15) is 23.5 Å². The summed E-state index contributed by atoms with van der Waals surface area (Å²) >= 11 is 3.75. The molecule has 5 heteroatoms. The summed E-state index contributed by atoms with van der Waals surface area (Å²) in [6.45, 7) is 2.17. The molecule has 0 spiro atoms. The predicted molar refractivity (Wildman–Crippen MR) is 78.0 cm³/mol. The van der Waals surface area contributed by atoms with E-state index in [0.717, 1.165) is 11.5 Å². The Morgan fingerprint density at radius 2 is 2.11 bits per heavy atom. The van der Waals surface area contributed by atoms with Crippen molar-refractivity contribution >= 4 is 23.5 Å². The van der Waals surface area contributed by atoms with Crippen LogP contribution < -0.4 is 10.5 Å². The molecular formula is C13H18FNOS2. The maximum Gasteiger partial charge on any atom is 0.169 e. The zero-order valence-electron chi connectivity index (χ0n) is 10.6. The first-order chi connectivity index (χ1) is 8.65. The summed E-state index contributed by atoms with van der Waals surface area (Å²) in [5.74, 6) is 2.18. The number of methoxy groups -OCH3 is 1. The molecule has 1 aliphatic rings. The summed E-state index contributed by atoms with van der Waals surface area (Å²) in [7, 11) is 1.47. The van der Waals surface area contributed by atoms with Crippen molar-refractivity contribution in [3.8, 4) is 5.75 Å². The molecule has 2 nitrogen and oxygen atoms in total. The van der Waals surface area contributed by atoms with Gasteiger partial charge in [-0.05, 0) is 6.07 Å². The van der Waals surface area contributed by atoms with E-state index >= 15 is 0 Å². The summed E-state index contributed by atoms with van der Waals surface area (Å²) in [4.78, 5) is 0. The third kappa shape index (κ3) is 2.78. The van der Waals surface area contributed by atoms with Gasteiger partial charge in [0.05, 0.1) is 7.11 Å². The SMILES string of the molecule is COc1cccc(C(N)C2SCCSC2C)c1F. The first-order valence-electron chi connectivity index (χ1n) is 5.96. The number of nitrogens with two attached hydrogens (primary N) is 1. The molecule has 1 aliphatic heterocycles. The van der Waals surface area contributed by atoms with E-state index in [1.165, 1.54) is 7.11 Å². The van der Waals surface area contributed by atoms with Gasteiger partial charge in [0.25, 0.3) is 0 Å². The van der Waals surface area contributed by atoms with Gasteiger partial charge in [-0.1, -0.05) is 19.1 Å². The molecule has 0 bridgehead atoms. The minimum atomic E-state index is -0.323. The smallest absolute Gasteiger partial charge is 0.169 e. The molecule has 18 heavy (non-hydrogen) atoms. The molecule has 0 amide bonds. The molecule has 0 radical (unpaired) electrons. The molecule has 1 aromatic carbocycles. The van der Waals surface area contributed by atoms with Gasteiger partial charge < -0.3 is 10.5 Å². The van der Waals surface area contributed by atoms with Crippen LogP contribution in [-0.4, -0.2) is 29.1 Å². The van der Waals surface area contributed by atoms with Gasteiger partial charge in [0, 0.05) is 33.6 Å². The van der Waals surface area contributed by atoms with Crippen LogP contribution in [0.5, 0.6) is 5.75 Å². The van der Waals surface area contributed by atoms with Crippen LogP contribution in [0.15, 0.2) is 18.2 Å². The van der Waals surface area contributed by atoms with Gasteiger partial charge in [0.15, 0.2) is 11.6 Å². The summed E-state index contributed by atoms with van der Waals surface area (Å²) in [5.41, 5.74) is 6.81. The Kier molecular flexibility index (Phi) is 4.81. The van der Waals surface area contributed by atoms with Crippen molar-refractivity contribution in [2.45, 2.75) is 23.5 Å². The van der Waals surface area contributed by atoms with Crippen molar-refractivity contribution in [1.29, 1.82) is 0 Å². The van der Waals surface area contributed by atoms with E-state index in [9.17, 15) is 4.39 Å². The second-order valence-corrected chi connectivity index (χ2v) is 7.07.